The van der Waals surface area contributed by atoms with Crippen molar-refractivity contribution in [2.24, 2.45) is 0 Å². The average molecular weight is 278 g/mol. The summed E-state index contributed by atoms with van der Waals surface area (Å²) in [6.07, 6.45) is 7.27. The fraction of sp³-hybridized carbons (Fsp3) is 0.529. The molecule has 112 valence electrons. The van der Waals surface area contributed by atoms with Gasteiger partial charge in [-0.05, 0) is 44.2 Å². The first-order valence-corrected chi connectivity index (χ1v) is 7.42. The molecule has 0 heterocycles. The number of benzene rings is 1. The van der Waals surface area contributed by atoms with Crippen molar-refractivity contribution in [2.45, 2.75) is 45.6 Å². The van der Waals surface area contributed by atoms with Gasteiger partial charge in [0.05, 0.1) is 19.8 Å². The van der Waals surface area contributed by atoms with Crippen LogP contribution in [0, 0.1) is 0 Å². The van der Waals surface area contributed by atoms with Crippen LogP contribution in [-0.2, 0) is 6.61 Å². The van der Waals surface area contributed by atoms with Gasteiger partial charge in [0.1, 0.15) is 11.5 Å². The van der Waals surface area contributed by atoms with Gasteiger partial charge in [-0.2, -0.15) is 0 Å². The first kappa shape index (κ1) is 16.6. The van der Waals surface area contributed by atoms with Gasteiger partial charge in [-0.1, -0.05) is 13.0 Å². The highest BCUT2D eigenvalue weighted by atomic mass is 16.5. The van der Waals surface area contributed by atoms with Gasteiger partial charge in [0, 0.05) is 11.6 Å². The molecule has 0 aliphatic carbocycles. The molecule has 3 nitrogen and oxygen atoms in total. The van der Waals surface area contributed by atoms with E-state index in [9.17, 15) is 5.11 Å². The molecule has 0 spiro atoms. The van der Waals surface area contributed by atoms with Crippen molar-refractivity contribution in [2.75, 3.05) is 13.2 Å². The number of aliphatic hydroxyl groups is 1. The minimum atomic E-state index is -0.0140. The van der Waals surface area contributed by atoms with Gasteiger partial charge in [0.15, 0.2) is 0 Å². The predicted molar refractivity (Wildman–Crippen MR) is 82.3 cm³/mol. The molecule has 1 aromatic rings. The average Bonchev–Trinajstić information content (AvgIpc) is 2.48. The summed E-state index contributed by atoms with van der Waals surface area (Å²) in [5.74, 6) is 1.52. The molecule has 0 saturated heterocycles. The van der Waals surface area contributed by atoms with Gasteiger partial charge in [-0.15, -0.1) is 6.58 Å². The van der Waals surface area contributed by atoms with E-state index in [2.05, 4.69) is 13.5 Å². The maximum absolute atomic E-state index is 9.33. The second kappa shape index (κ2) is 10.3. The monoisotopic (exact) mass is 278 g/mol. The van der Waals surface area contributed by atoms with Crippen LogP contribution in [0.25, 0.3) is 0 Å². The first-order valence-electron chi connectivity index (χ1n) is 7.42. The molecule has 0 amide bonds. The van der Waals surface area contributed by atoms with Crippen LogP contribution in [0.15, 0.2) is 30.9 Å². The minimum Gasteiger partial charge on any atom is -0.493 e. The van der Waals surface area contributed by atoms with Crippen molar-refractivity contribution in [3.8, 4) is 11.5 Å². The lowest BCUT2D eigenvalue weighted by Gasteiger charge is -2.12. The molecule has 0 atom stereocenters. The highest BCUT2D eigenvalue weighted by Crippen LogP contribution is 2.25. The van der Waals surface area contributed by atoms with E-state index < -0.39 is 0 Å². The third-order valence-corrected chi connectivity index (χ3v) is 2.99. The summed E-state index contributed by atoms with van der Waals surface area (Å²) < 4.78 is 11.3. The lowest BCUT2D eigenvalue weighted by Crippen LogP contribution is -2.02. The highest BCUT2D eigenvalue weighted by molar-refractivity contribution is 5.40. The van der Waals surface area contributed by atoms with Gasteiger partial charge in [0.2, 0.25) is 0 Å². The van der Waals surface area contributed by atoms with Crippen molar-refractivity contribution < 1.29 is 14.6 Å². The number of hydrogen-bond donors (Lipinski definition) is 1. The van der Waals surface area contributed by atoms with Crippen LogP contribution in [0.3, 0.4) is 0 Å². The molecule has 1 N–H and O–H groups in total. The van der Waals surface area contributed by atoms with Gasteiger partial charge in [-0.25, -0.2) is 0 Å². The van der Waals surface area contributed by atoms with Crippen LogP contribution in [0.5, 0.6) is 11.5 Å². The fourth-order valence-electron chi connectivity index (χ4n) is 1.86. The van der Waals surface area contributed by atoms with E-state index >= 15 is 0 Å². The topological polar surface area (TPSA) is 38.7 Å². The van der Waals surface area contributed by atoms with Gasteiger partial charge in [-0.3, -0.25) is 0 Å². The van der Waals surface area contributed by atoms with E-state index in [0.29, 0.717) is 13.2 Å². The van der Waals surface area contributed by atoms with E-state index in [-0.39, 0.29) is 6.61 Å². The summed E-state index contributed by atoms with van der Waals surface area (Å²) in [6.45, 7) is 7.13. The van der Waals surface area contributed by atoms with Crippen LogP contribution in [-0.4, -0.2) is 18.3 Å². The highest BCUT2D eigenvalue weighted by Gasteiger charge is 2.05. The van der Waals surface area contributed by atoms with Gasteiger partial charge >= 0.3 is 0 Å². The van der Waals surface area contributed by atoms with Crippen LogP contribution >= 0.6 is 0 Å². The Morgan fingerprint density at radius 2 is 2.00 bits per heavy atom. The summed E-state index contributed by atoms with van der Waals surface area (Å²) in [5, 5.41) is 9.33. The molecule has 0 fully saturated rings. The largest absolute Gasteiger partial charge is 0.493 e. The van der Waals surface area contributed by atoms with Crippen LogP contribution in [0.2, 0.25) is 0 Å². The van der Waals surface area contributed by atoms with E-state index in [4.69, 9.17) is 9.47 Å². The van der Waals surface area contributed by atoms with Crippen LogP contribution < -0.4 is 9.47 Å². The molecule has 0 unspecified atom stereocenters. The molecule has 0 aliphatic rings. The van der Waals surface area contributed by atoms with Crippen LogP contribution in [0.4, 0.5) is 0 Å². The molecule has 1 rings (SSSR count). The van der Waals surface area contributed by atoms with Gasteiger partial charge in [0.25, 0.3) is 0 Å². The van der Waals surface area contributed by atoms with Crippen molar-refractivity contribution in [3.05, 3.63) is 36.4 Å². The standard InChI is InChI=1S/C17H26O3/c1-3-5-6-7-8-12-20-17-13-16(19-11-4-2)10-9-15(17)14-18/h3,9-10,13,18H,1,4-8,11-12,14H2,2H3. The molecular weight excluding hydrogens is 252 g/mol. The third-order valence-electron chi connectivity index (χ3n) is 2.99. The minimum absolute atomic E-state index is 0.0140. The normalized spacial score (nSPS) is 10.3. The zero-order valence-corrected chi connectivity index (χ0v) is 12.4. The second-order valence-electron chi connectivity index (χ2n) is 4.76. The van der Waals surface area contributed by atoms with Crippen molar-refractivity contribution in [1.82, 2.24) is 0 Å². The van der Waals surface area contributed by atoms with Crippen molar-refractivity contribution in [3.63, 3.8) is 0 Å². The Kier molecular flexibility index (Phi) is 8.56. The smallest absolute Gasteiger partial charge is 0.128 e. The second-order valence-corrected chi connectivity index (χ2v) is 4.76. The number of ether oxygens (including phenoxy) is 2. The Morgan fingerprint density at radius 1 is 1.15 bits per heavy atom. The summed E-state index contributed by atoms with van der Waals surface area (Å²) in [7, 11) is 0. The molecule has 0 bridgehead atoms. The molecule has 0 radical (unpaired) electrons. The van der Waals surface area contributed by atoms with E-state index in [1.54, 1.807) is 0 Å². The quantitative estimate of drug-likeness (QED) is 0.489. The van der Waals surface area contributed by atoms with Crippen molar-refractivity contribution >= 4 is 0 Å². The van der Waals surface area contributed by atoms with Gasteiger partial charge < -0.3 is 14.6 Å². The van der Waals surface area contributed by atoms with E-state index in [1.807, 2.05) is 24.3 Å². The zero-order chi connectivity index (χ0) is 14.6. The number of unbranched alkanes of at least 4 members (excludes halogenated alkanes) is 3. The molecule has 1 aromatic carbocycles. The Balaban J connectivity index is 2.46. The fourth-order valence-corrected chi connectivity index (χ4v) is 1.86. The first-order chi connectivity index (χ1) is 9.81. The summed E-state index contributed by atoms with van der Waals surface area (Å²) in [5.41, 5.74) is 0.805. The number of hydrogen-bond acceptors (Lipinski definition) is 3. The molecule has 0 aromatic heterocycles. The molecular formula is C17H26O3. The SMILES string of the molecule is C=CCCCCCOc1cc(OCCC)ccc1CO. The molecule has 20 heavy (non-hydrogen) atoms. The Labute approximate surface area is 122 Å². The number of rotatable bonds is 11. The van der Waals surface area contributed by atoms with Crippen molar-refractivity contribution in [1.29, 1.82) is 0 Å². The van der Waals surface area contributed by atoms with E-state index in [0.717, 1.165) is 49.2 Å². The Bertz CT molecular complexity index is 388. The summed E-state index contributed by atoms with van der Waals surface area (Å²) in [4.78, 5) is 0. The number of allylic oxidation sites excluding steroid dienone is 1. The maximum atomic E-state index is 9.33. The van der Waals surface area contributed by atoms with Crippen LogP contribution in [0.1, 0.15) is 44.6 Å². The Morgan fingerprint density at radius 3 is 2.70 bits per heavy atom. The Hall–Kier alpha value is -1.48. The summed E-state index contributed by atoms with van der Waals surface area (Å²) in [6, 6.07) is 5.60. The predicted octanol–water partition coefficient (Wildman–Crippen LogP) is 4.09. The zero-order valence-electron chi connectivity index (χ0n) is 12.4. The molecule has 3 heteroatoms. The lowest BCUT2D eigenvalue weighted by atomic mass is 10.2. The number of aliphatic hydroxyl groups excluding tert-OH is 1. The third kappa shape index (κ3) is 6.11. The summed E-state index contributed by atoms with van der Waals surface area (Å²) >= 11 is 0. The molecule has 0 saturated carbocycles. The van der Waals surface area contributed by atoms with E-state index in [1.165, 1.54) is 0 Å². The molecule has 0 aliphatic heterocycles. The maximum Gasteiger partial charge on any atom is 0.128 e. The lowest BCUT2D eigenvalue weighted by molar-refractivity contribution is 0.257.